The highest BCUT2D eigenvalue weighted by atomic mass is 16.2. The van der Waals surface area contributed by atoms with E-state index in [1.807, 2.05) is 4.90 Å². The SMILES string of the molecule is Cn1nccc1C(=O)N1CCNCC1. The Balaban J connectivity index is 2.11. The third-order valence-corrected chi connectivity index (χ3v) is 2.44. The molecule has 0 bridgehead atoms. The van der Waals surface area contributed by atoms with Crippen molar-refractivity contribution in [3.63, 3.8) is 0 Å². The first-order valence-corrected chi connectivity index (χ1v) is 4.77. The maximum Gasteiger partial charge on any atom is 0.272 e. The topological polar surface area (TPSA) is 50.2 Å². The molecule has 1 fully saturated rings. The summed E-state index contributed by atoms with van der Waals surface area (Å²) in [6.45, 7) is 3.32. The number of hydrogen-bond donors (Lipinski definition) is 1. The molecule has 5 nitrogen and oxygen atoms in total. The van der Waals surface area contributed by atoms with E-state index in [-0.39, 0.29) is 5.91 Å². The van der Waals surface area contributed by atoms with Crippen molar-refractivity contribution in [2.45, 2.75) is 0 Å². The van der Waals surface area contributed by atoms with Gasteiger partial charge < -0.3 is 10.2 Å². The third-order valence-electron chi connectivity index (χ3n) is 2.44. The fourth-order valence-corrected chi connectivity index (χ4v) is 1.61. The van der Waals surface area contributed by atoms with Gasteiger partial charge in [0.15, 0.2) is 0 Å². The van der Waals surface area contributed by atoms with Gasteiger partial charge in [-0.2, -0.15) is 5.10 Å². The van der Waals surface area contributed by atoms with Crippen molar-refractivity contribution in [3.05, 3.63) is 18.0 Å². The molecule has 0 unspecified atom stereocenters. The molecule has 0 aromatic carbocycles. The highest BCUT2D eigenvalue weighted by molar-refractivity contribution is 5.92. The lowest BCUT2D eigenvalue weighted by Crippen LogP contribution is -2.46. The number of carbonyl (C=O) groups is 1. The molecule has 0 aliphatic carbocycles. The van der Waals surface area contributed by atoms with Crippen LogP contribution in [0.3, 0.4) is 0 Å². The van der Waals surface area contributed by atoms with Gasteiger partial charge in [0.05, 0.1) is 0 Å². The molecule has 1 amide bonds. The van der Waals surface area contributed by atoms with Crippen molar-refractivity contribution in [1.82, 2.24) is 20.0 Å². The molecule has 1 aliphatic rings. The lowest BCUT2D eigenvalue weighted by molar-refractivity contribution is 0.0724. The Morgan fingerprint density at radius 1 is 1.50 bits per heavy atom. The molecule has 1 N–H and O–H groups in total. The first-order chi connectivity index (χ1) is 6.79. The Kier molecular flexibility index (Phi) is 2.49. The summed E-state index contributed by atoms with van der Waals surface area (Å²) < 4.78 is 1.62. The zero-order chi connectivity index (χ0) is 9.97. The molecule has 2 heterocycles. The summed E-state index contributed by atoms with van der Waals surface area (Å²) in [7, 11) is 1.79. The molecular formula is C9H14N4O. The normalized spacial score (nSPS) is 17.1. The van der Waals surface area contributed by atoms with E-state index >= 15 is 0 Å². The minimum absolute atomic E-state index is 0.0755. The number of aryl methyl sites for hydroxylation is 1. The van der Waals surface area contributed by atoms with Gasteiger partial charge in [0.25, 0.3) is 5.91 Å². The fourth-order valence-electron chi connectivity index (χ4n) is 1.61. The minimum Gasteiger partial charge on any atom is -0.335 e. The van der Waals surface area contributed by atoms with Gasteiger partial charge in [0, 0.05) is 39.4 Å². The second kappa shape index (κ2) is 3.79. The van der Waals surface area contributed by atoms with Gasteiger partial charge in [-0.1, -0.05) is 0 Å². The van der Waals surface area contributed by atoms with Gasteiger partial charge in [-0.3, -0.25) is 9.48 Å². The molecule has 5 heteroatoms. The van der Waals surface area contributed by atoms with Crippen molar-refractivity contribution in [1.29, 1.82) is 0 Å². The summed E-state index contributed by atoms with van der Waals surface area (Å²) in [5.41, 5.74) is 0.659. The van der Waals surface area contributed by atoms with E-state index in [9.17, 15) is 4.79 Å². The van der Waals surface area contributed by atoms with Crippen LogP contribution >= 0.6 is 0 Å². The van der Waals surface area contributed by atoms with Crippen LogP contribution < -0.4 is 5.32 Å². The lowest BCUT2D eigenvalue weighted by Gasteiger charge is -2.27. The smallest absolute Gasteiger partial charge is 0.272 e. The minimum atomic E-state index is 0.0755. The highest BCUT2D eigenvalue weighted by Crippen LogP contribution is 2.03. The van der Waals surface area contributed by atoms with Crippen LogP contribution in [0.2, 0.25) is 0 Å². The Morgan fingerprint density at radius 3 is 2.79 bits per heavy atom. The monoisotopic (exact) mass is 194 g/mol. The highest BCUT2D eigenvalue weighted by Gasteiger charge is 2.19. The van der Waals surface area contributed by atoms with Crippen LogP contribution in [0.15, 0.2) is 12.3 Å². The zero-order valence-corrected chi connectivity index (χ0v) is 8.23. The number of hydrogen-bond acceptors (Lipinski definition) is 3. The first-order valence-electron chi connectivity index (χ1n) is 4.77. The zero-order valence-electron chi connectivity index (χ0n) is 8.23. The van der Waals surface area contributed by atoms with E-state index in [0.717, 1.165) is 26.2 Å². The summed E-state index contributed by atoms with van der Waals surface area (Å²) in [5, 5.41) is 7.20. The van der Waals surface area contributed by atoms with Crippen LogP contribution in [0.5, 0.6) is 0 Å². The van der Waals surface area contributed by atoms with Crippen molar-refractivity contribution < 1.29 is 4.79 Å². The Bertz CT molecular complexity index is 327. The van der Waals surface area contributed by atoms with E-state index < -0.39 is 0 Å². The third kappa shape index (κ3) is 1.63. The molecule has 0 radical (unpaired) electrons. The maximum atomic E-state index is 11.9. The second-order valence-corrected chi connectivity index (χ2v) is 3.38. The van der Waals surface area contributed by atoms with Gasteiger partial charge in [-0.25, -0.2) is 0 Å². The van der Waals surface area contributed by atoms with Gasteiger partial charge in [0.1, 0.15) is 5.69 Å². The van der Waals surface area contributed by atoms with E-state index in [4.69, 9.17) is 0 Å². The fraction of sp³-hybridized carbons (Fsp3) is 0.556. The molecule has 76 valence electrons. The maximum absolute atomic E-state index is 11.9. The average molecular weight is 194 g/mol. The largest absolute Gasteiger partial charge is 0.335 e. The summed E-state index contributed by atoms with van der Waals surface area (Å²) in [6, 6.07) is 1.75. The molecular weight excluding hydrogens is 180 g/mol. The van der Waals surface area contributed by atoms with E-state index in [1.165, 1.54) is 0 Å². The van der Waals surface area contributed by atoms with Crippen LogP contribution in [-0.2, 0) is 7.05 Å². The summed E-state index contributed by atoms with van der Waals surface area (Å²) in [4.78, 5) is 13.8. The number of nitrogens with one attached hydrogen (secondary N) is 1. The van der Waals surface area contributed by atoms with Crippen molar-refractivity contribution in [2.75, 3.05) is 26.2 Å². The second-order valence-electron chi connectivity index (χ2n) is 3.38. The molecule has 0 saturated carbocycles. The number of amides is 1. The molecule has 14 heavy (non-hydrogen) atoms. The van der Waals surface area contributed by atoms with Crippen LogP contribution in [0.25, 0.3) is 0 Å². The lowest BCUT2D eigenvalue weighted by atomic mass is 10.3. The van der Waals surface area contributed by atoms with Crippen molar-refractivity contribution >= 4 is 5.91 Å². The molecule has 1 saturated heterocycles. The van der Waals surface area contributed by atoms with Crippen LogP contribution in [-0.4, -0.2) is 46.8 Å². The van der Waals surface area contributed by atoms with Gasteiger partial charge in [-0.05, 0) is 6.07 Å². The summed E-state index contributed by atoms with van der Waals surface area (Å²) in [5.74, 6) is 0.0755. The summed E-state index contributed by atoms with van der Waals surface area (Å²) in [6.07, 6.45) is 1.65. The molecule has 0 spiro atoms. The average Bonchev–Trinajstić information content (AvgIpc) is 2.65. The standard InChI is InChI=1S/C9H14N4O/c1-12-8(2-3-11-12)9(14)13-6-4-10-5-7-13/h2-3,10H,4-7H2,1H3. The number of carbonyl (C=O) groups excluding carboxylic acids is 1. The Labute approximate surface area is 82.7 Å². The summed E-state index contributed by atoms with van der Waals surface area (Å²) >= 11 is 0. The van der Waals surface area contributed by atoms with E-state index in [0.29, 0.717) is 5.69 Å². The van der Waals surface area contributed by atoms with Gasteiger partial charge >= 0.3 is 0 Å². The molecule has 2 rings (SSSR count). The van der Waals surface area contributed by atoms with Crippen molar-refractivity contribution in [2.24, 2.45) is 7.05 Å². The number of piperazine rings is 1. The number of nitrogens with zero attached hydrogens (tertiary/aromatic N) is 3. The number of aromatic nitrogens is 2. The Morgan fingerprint density at radius 2 is 2.21 bits per heavy atom. The molecule has 0 atom stereocenters. The van der Waals surface area contributed by atoms with Crippen LogP contribution in [0.4, 0.5) is 0 Å². The Hall–Kier alpha value is -1.36. The van der Waals surface area contributed by atoms with Crippen LogP contribution in [0, 0.1) is 0 Å². The predicted molar refractivity (Wildman–Crippen MR) is 52.0 cm³/mol. The van der Waals surface area contributed by atoms with Gasteiger partial charge in [0.2, 0.25) is 0 Å². The van der Waals surface area contributed by atoms with E-state index in [2.05, 4.69) is 10.4 Å². The number of rotatable bonds is 1. The molecule has 1 aromatic rings. The predicted octanol–water partition coefficient (Wildman–Crippen LogP) is -0.534. The first kappa shape index (κ1) is 9.21. The van der Waals surface area contributed by atoms with E-state index in [1.54, 1.807) is 24.0 Å². The van der Waals surface area contributed by atoms with Crippen LogP contribution in [0.1, 0.15) is 10.5 Å². The molecule has 1 aliphatic heterocycles. The molecule has 1 aromatic heterocycles. The quantitative estimate of drug-likeness (QED) is 0.653. The van der Waals surface area contributed by atoms with Crippen molar-refractivity contribution in [3.8, 4) is 0 Å². The van der Waals surface area contributed by atoms with Gasteiger partial charge in [-0.15, -0.1) is 0 Å².